The number of nitrogens with zero attached hydrogens (tertiary/aromatic N) is 2. The van der Waals surface area contributed by atoms with Gasteiger partial charge in [0.05, 0.1) is 6.20 Å². The van der Waals surface area contributed by atoms with Gasteiger partial charge in [-0.25, -0.2) is 0 Å². The molecular formula is C18H21N3O. The van der Waals surface area contributed by atoms with Gasteiger partial charge in [-0.05, 0) is 55.6 Å². The Labute approximate surface area is 131 Å². The smallest absolute Gasteiger partial charge is 0.138 e. The van der Waals surface area contributed by atoms with Gasteiger partial charge in [-0.2, -0.15) is 0 Å². The average Bonchev–Trinajstić information content (AvgIpc) is 3.09. The molecule has 22 heavy (non-hydrogen) atoms. The van der Waals surface area contributed by atoms with E-state index in [9.17, 15) is 0 Å². The largest absolute Gasteiger partial charge is 0.487 e. The van der Waals surface area contributed by atoms with E-state index in [1.807, 2.05) is 36.5 Å². The quantitative estimate of drug-likeness (QED) is 0.920. The van der Waals surface area contributed by atoms with Crippen molar-refractivity contribution in [1.82, 2.24) is 15.3 Å². The van der Waals surface area contributed by atoms with Crippen LogP contribution >= 0.6 is 0 Å². The fourth-order valence-electron chi connectivity index (χ4n) is 2.67. The third-order valence-electron chi connectivity index (χ3n) is 3.90. The van der Waals surface area contributed by atoms with Gasteiger partial charge in [-0.3, -0.25) is 9.97 Å². The molecule has 1 fully saturated rings. The van der Waals surface area contributed by atoms with Crippen LogP contribution in [0.2, 0.25) is 0 Å². The predicted molar refractivity (Wildman–Crippen MR) is 88.5 cm³/mol. The number of hydrogen-bond acceptors (Lipinski definition) is 4. The minimum Gasteiger partial charge on any atom is -0.487 e. The number of pyridine rings is 2. The van der Waals surface area contributed by atoms with Crippen LogP contribution in [0.25, 0.3) is 12.2 Å². The van der Waals surface area contributed by atoms with Gasteiger partial charge in [0.15, 0.2) is 0 Å². The van der Waals surface area contributed by atoms with Crippen LogP contribution in [0, 0.1) is 0 Å². The lowest BCUT2D eigenvalue weighted by atomic mass is 10.1. The summed E-state index contributed by atoms with van der Waals surface area (Å²) in [6, 6.07) is 6.41. The van der Waals surface area contributed by atoms with Gasteiger partial charge in [0, 0.05) is 24.6 Å². The first-order valence-electron chi connectivity index (χ1n) is 7.74. The summed E-state index contributed by atoms with van der Waals surface area (Å²) in [6.45, 7) is 3.20. The van der Waals surface area contributed by atoms with Crippen molar-refractivity contribution in [3.05, 3.63) is 54.1 Å². The monoisotopic (exact) mass is 295 g/mol. The predicted octanol–water partition coefficient (Wildman–Crippen LogP) is 3.17. The topological polar surface area (TPSA) is 47.0 Å². The maximum Gasteiger partial charge on any atom is 0.138 e. The molecular weight excluding hydrogens is 274 g/mol. The normalized spacial score (nSPS) is 19.4. The van der Waals surface area contributed by atoms with Crippen molar-refractivity contribution in [2.75, 3.05) is 6.54 Å². The van der Waals surface area contributed by atoms with Crippen LogP contribution in [-0.4, -0.2) is 28.7 Å². The molecule has 1 aliphatic rings. The van der Waals surface area contributed by atoms with Crippen LogP contribution in [0.5, 0.6) is 5.75 Å². The standard InChI is InChI=1S/C18H21N3O/c1-14(18-3-2-8-21-18)22-17-11-16(12-20-13-17)5-4-15-6-9-19-10-7-15/h4-7,9-14,18,21H,2-3,8H2,1H3/b5-4+/t14?,18-/m0/s1. The summed E-state index contributed by atoms with van der Waals surface area (Å²) in [7, 11) is 0. The number of rotatable bonds is 5. The average molecular weight is 295 g/mol. The van der Waals surface area contributed by atoms with Crippen molar-refractivity contribution in [1.29, 1.82) is 0 Å². The molecule has 2 atom stereocenters. The summed E-state index contributed by atoms with van der Waals surface area (Å²) in [5, 5.41) is 3.47. The number of nitrogens with one attached hydrogen (secondary N) is 1. The highest BCUT2D eigenvalue weighted by Gasteiger charge is 2.22. The van der Waals surface area contributed by atoms with Gasteiger partial charge in [0.25, 0.3) is 0 Å². The molecule has 1 unspecified atom stereocenters. The van der Waals surface area contributed by atoms with Crippen molar-refractivity contribution in [3.8, 4) is 5.75 Å². The van der Waals surface area contributed by atoms with E-state index in [1.54, 1.807) is 18.6 Å². The molecule has 3 rings (SSSR count). The Balaban J connectivity index is 1.66. The van der Waals surface area contributed by atoms with E-state index >= 15 is 0 Å². The van der Waals surface area contributed by atoms with E-state index in [1.165, 1.54) is 12.8 Å². The first kappa shape index (κ1) is 14.7. The Bertz CT molecular complexity index is 621. The van der Waals surface area contributed by atoms with Gasteiger partial charge in [-0.1, -0.05) is 12.2 Å². The fraction of sp³-hybridized carbons (Fsp3) is 0.333. The molecule has 0 saturated carbocycles. The zero-order valence-electron chi connectivity index (χ0n) is 12.8. The minimum atomic E-state index is 0.156. The molecule has 1 aliphatic heterocycles. The lowest BCUT2D eigenvalue weighted by molar-refractivity contribution is 0.179. The highest BCUT2D eigenvalue weighted by molar-refractivity contribution is 5.69. The van der Waals surface area contributed by atoms with Crippen molar-refractivity contribution in [2.45, 2.75) is 31.9 Å². The van der Waals surface area contributed by atoms with Crippen LogP contribution in [-0.2, 0) is 0 Å². The molecule has 0 spiro atoms. The summed E-state index contributed by atoms with van der Waals surface area (Å²) in [5.41, 5.74) is 2.14. The highest BCUT2D eigenvalue weighted by Crippen LogP contribution is 2.18. The van der Waals surface area contributed by atoms with Crippen molar-refractivity contribution in [2.24, 2.45) is 0 Å². The van der Waals surface area contributed by atoms with Crippen molar-refractivity contribution in [3.63, 3.8) is 0 Å². The SMILES string of the molecule is CC(Oc1cncc(/C=C/c2ccncc2)c1)[C@@H]1CCCN1. The Kier molecular flexibility index (Phi) is 4.81. The molecule has 114 valence electrons. The van der Waals surface area contributed by atoms with Crippen molar-refractivity contribution >= 4 is 12.2 Å². The molecule has 0 aliphatic carbocycles. The zero-order chi connectivity index (χ0) is 15.2. The fourth-order valence-corrected chi connectivity index (χ4v) is 2.67. The maximum absolute atomic E-state index is 6.02. The highest BCUT2D eigenvalue weighted by atomic mass is 16.5. The summed E-state index contributed by atoms with van der Waals surface area (Å²) in [6.07, 6.45) is 13.8. The van der Waals surface area contributed by atoms with E-state index in [-0.39, 0.29) is 6.10 Å². The molecule has 1 N–H and O–H groups in total. The van der Waals surface area contributed by atoms with Crippen LogP contribution < -0.4 is 10.1 Å². The summed E-state index contributed by atoms with van der Waals surface area (Å²) >= 11 is 0. The summed E-state index contributed by atoms with van der Waals surface area (Å²) in [5.74, 6) is 0.818. The van der Waals surface area contributed by atoms with E-state index in [2.05, 4.69) is 22.2 Å². The number of ether oxygens (including phenoxy) is 1. The molecule has 4 nitrogen and oxygen atoms in total. The second-order valence-electron chi connectivity index (χ2n) is 5.59. The molecule has 2 aromatic heterocycles. The molecule has 0 bridgehead atoms. The van der Waals surface area contributed by atoms with Crippen LogP contribution in [0.3, 0.4) is 0 Å². The van der Waals surface area contributed by atoms with Gasteiger partial charge in [0.2, 0.25) is 0 Å². The van der Waals surface area contributed by atoms with E-state index in [0.29, 0.717) is 6.04 Å². The van der Waals surface area contributed by atoms with E-state index in [0.717, 1.165) is 23.4 Å². The van der Waals surface area contributed by atoms with Gasteiger partial charge in [-0.15, -0.1) is 0 Å². The van der Waals surface area contributed by atoms with Crippen molar-refractivity contribution < 1.29 is 4.74 Å². The Morgan fingerprint density at radius 2 is 2.00 bits per heavy atom. The summed E-state index contributed by atoms with van der Waals surface area (Å²) < 4.78 is 6.02. The maximum atomic E-state index is 6.02. The van der Waals surface area contributed by atoms with Gasteiger partial charge >= 0.3 is 0 Å². The Morgan fingerprint density at radius 3 is 2.77 bits per heavy atom. The molecule has 4 heteroatoms. The van der Waals surface area contributed by atoms with Gasteiger partial charge in [0.1, 0.15) is 11.9 Å². The molecule has 0 amide bonds. The molecule has 1 saturated heterocycles. The first-order chi connectivity index (χ1) is 10.8. The molecule has 0 radical (unpaired) electrons. The number of hydrogen-bond donors (Lipinski definition) is 1. The second kappa shape index (κ2) is 7.18. The van der Waals surface area contributed by atoms with Gasteiger partial charge < -0.3 is 10.1 Å². The Hall–Kier alpha value is -2.20. The number of aromatic nitrogens is 2. The van der Waals surface area contributed by atoms with Crippen LogP contribution in [0.15, 0.2) is 43.0 Å². The lowest BCUT2D eigenvalue weighted by Gasteiger charge is -2.21. The summed E-state index contributed by atoms with van der Waals surface area (Å²) in [4.78, 5) is 8.28. The zero-order valence-corrected chi connectivity index (χ0v) is 12.8. The lowest BCUT2D eigenvalue weighted by Crippen LogP contribution is -2.36. The van der Waals surface area contributed by atoms with E-state index < -0.39 is 0 Å². The van der Waals surface area contributed by atoms with Crippen LogP contribution in [0.4, 0.5) is 0 Å². The Morgan fingerprint density at radius 1 is 1.18 bits per heavy atom. The molecule has 0 aromatic carbocycles. The first-order valence-corrected chi connectivity index (χ1v) is 7.74. The van der Waals surface area contributed by atoms with E-state index in [4.69, 9.17) is 4.74 Å². The minimum absolute atomic E-state index is 0.156. The third-order valence-corrected chi connectivity index (χ3v) is 3.90. The molecule has 3 heterocycles. The second-order valence-corrected chi connectivity index (χ2v) is 5.59. The third kappa shape index (κ3) is 3.92. The molecule has 2 aromatic rings. The van der Waals surface area contributed by atoms with Crippen LogP contribution in [0.1, 0.15) is 30.9 Å².